The molecule has 0 amide bonds. The molecule has 0 saturated heterocycles. The summed E-state index contributed by atoms with van der Waals surface area (Å²) in [6.45, 7) is 3.31. The second-order valence-electron chi connectivity index (χ2n) is 4.17. The Bertz CT molecular complexity index is 667. The summed E-state index contributed by atoms with van der Waals surface area (Å²) in [5.41, 5.74) is -0.275. The predicted molar refractivity (Wildman–Crippen MR) is 72.8 cm³/mol. The van der Waals surface area contributed by atoms with E-state index in [2.05, 4.69) is 10.1 Å². The van der Waals surface area contributed by atoms with Crippen molar-refractivity contribution < 1.29 is 18.0 Å². The lowest BCUT2D eigenvalue weighted by Crippen LogP contribution is -2.08. The molecule has 0 N–H and O–H groups in total. The van der Waals surface area contributed by atoms with Gasteiger partial charge in [0.05, 0.1) is 11.9 Å². The molecule has 2 heterocycles. The Morgan fingerprint density at radius 1 is 1.43 bits per heavy atom. The molecule has 0 aromatic carbocycles. The van der Waals surface area contributed by atoms with E-state index in [1.54, 1.807) is 6.07 Å². The number of alkyl halides is 3. The van der Waals surface area contributed by atoms with E-state index >= 15 is 0 Å². The molecule has 112 valence electrons. The third kappa shape index (κ3) is 3.44. The van der Waals surface area contributed by atoms with Crippen molar-refractivity contribution in [2.24, 2.45) is 0 Å². The lowest BCUT2D eigenvalue weighted by atomic mass is 10.2. The van der Waals surface area contributed by atoms with E-state index in [-0.39, 0.29) is 5.78 Å². The van der Waals surface area contributed by atoms with Crippen LogP contribution in [0.5, 0.6) is 0 Å². The molecule has 0 radical (unpaired) electrons. The number of rotatable bonds is 4. The number of nitrogens with zero attached hydrogens (tertiary/aromatic N) is 3. The maximum absolute atomic E-state index is 12.5. The molecule has 0 unspecified atom stereocenters. The van der Waals surface area contributed by atoms with Crippen molar-refractivity contribution in [1.29, 1.82) is 0 Å². The average Bonchev–Trinajstić information content (AvgIpc) is 2.88. The van der Waals surface area contributed by atoms with Crippen molar-refractivity contribution in [3.8, 4) is 5.69 Å². The van der Waals surface area contributed by atoms with Gasteiger partial charge in [-0.05, 0) is 17.9 Å². The van der Waals surface area contributed by atoms with Crippen LogP contribution in [0.1, 0.15) is 30.0 Å². The molecule has 8 heteroatoms. The van der Waals surface area contributed by atoms with Crippen molar-refractivity contribution >= 4 is 17.5 Å². The molecule has 0 aliphatic rings. The van der Waals surface area contributed by atoms with Crippen LogP contribution < -0.4 is 0 Å². The molecule has 0 bridgehead atoms. The number of hydrogen-bond donors (Lipinski definition) is 0. The first-order valence-electron chi connectivity index (χ1n) is 6.10. The van der Waals surface area contributed by atoms with Crippen LogP contribution in [0.2, 0.25) is 0 Å². The summed E-state index contributed by atoms with van der Waals surface area (Å²) in [5.74, 6) is 0.534. The normalized spacial score (nSPS) is 11.7. The number of ketones is 1. The second kappa shape index (κ2) is 5.88. The van der Waals surface area contributed by atoms with Gasteiger partial charge in [-0.1, -0.05) is 6.92 Å². The first kappa shape index (κ1) is 15.6. The van der Waals surface area contributed by atoms with Gasteiger partial charge in [-0.3, -0.25) is 4.79 Å². The van der Waals surface area contributed by atoms with Crippen LogP contribution in [0.15, 0.2) is 29.4 Å². The van der Waals surface area contributed by atoms with E-state index in [4.69, 9.17) is 0 Å². The minimum Gasteiger partial charge on any atom is -0.293 e. The van der Waals surface area contributed by atoms with Crippen molar-refractivity contribution in [3.63, 3.8) is 0 Å². The van der Waals surface area contributed by atoms with Gasteiger partial charge < -0.3 is 0 Å². The van der Waals surface area contributed by atoms with E-state index in [0.717, 1.165) is 16.5 Å². The SMILES string of the molecule is CCSc1cc(-n2ccc(C(F)(F)F)n2)cnc1C(C)=O. The minimum absolute atomic E-state index is 0.186. The Morgan fingerprint density at radius 2 is 2.14 bits per heavy atom. The number of halogens is 3. The van der Waals surface area contributed by atoms with Gasteiger partial charge in [0, 0.05) is 18.0 Å². The summed E-state index contributed by atoms with van der Waals surface area (Å²) in [4.78, 5) is 16.1. The largest absolute Gasteiger partial charge is 0.435 e. The van der Waals surface area contributed by atoms with Gasteiger partial charge >= 0.3 is 6.18 Å². The number of Topliss-reactive ketones (excluding diaryl/α,β-unsaturated/α-hetero) is 1. The Kier molecular flexibility index (Phi) is 4.36. The molecule has 0 atom stereocenters. The molecule has 0 spiro atoms. The van der Waals surface area contributed by atoms with Gasteiger partial charge in [-0.2, -0.15) is 18.3 Å². The van der Waals surface area contributed by atoms with E-state index < -0.39 is 11.9 Å². The molecule has 2 aromatic heterocycles. The number of hydrogen-bond acceptors (Lipinski definition) is 4. The zero-order valence-corrected chi connectivity index (χ0v) is 12.1. The zero-order chi connectivity index (χ0) is 15.6. The van der Waals surface area contributed by atoms with Gasteiger partial charge in [0.15, 0.2) is 11.5 Å². The van der Waals surface area contributed by atoms with E-state index in [1.165, 1.54) is 31.1 Å². The van der Waals surface area contributed by atoms with Crippen molar-refractivity contribution in [2.45, 2.75) is 24.9 Å². The van der Waals surface area contributed by atoms with E-state index in [1.807, 2.05) is 6.92 Å². The van der Waals surface area contributed by atoms with Crippen LogP contribution >= 0.6 is 11.8 Å². The third-order valence-electron chi connectivity index (χ3n) is 2.62. The Hall–Kier alpha value is -1.83. The van der Waals surface area contributed by atoms with E-state index in [9.17, 15) is 18.0 Å². The van der Waals surface area contributed by atoms with Gasteiger partial charge in [0.25, 0.3) is 0 Å². The summed E-state index contributed by atoms with van der Waals surface area (Å²) < 4.78 is 38.7. The Labute approximate surface area is 123 Å². The predicted octanol–water partition coefficient (Wildman–Crippen LogP) is 3.60. The van der Waals surface area contributed by atoms with Crippen molar-refractivity contribution in [1.82, 2.24) is 14.8 Å². The van der Waals surface area contributed by atoms with E-state index in [0.29, 0.717) is 16.3 Å². The Morgan fingerprint density at radius 3 is 2.67 bits per heavy atom. The van der Waals surface area contributed by atoms with Gasteiger partial charge in [-0.15, -0.1) is 11.8 Å². The highest BCUT2D eigenvalue weighted by atomic mass is 32.2. The van der Waals surface area contributed by atoms with Crippen LogP contribution in [-0.4, -0.2) is 26.3 Å². The van der Waals surface area contributed by atoms with Crippen LogP contribution in [0, 0.1) is 0 Å². The maximum Gasteiger partial charge on any atom is 0.435 e. The molecule has 0 fully saturated rings. The van der Waals surface area contributed by atoms with Crippen molar-refractivity contribution in [2.75, 3.05) is 5.75 Å². The molecule has 2 aromatic rings. The lowest BCUT2D eigenvalue weighted by Gasteiger charge is -2.08. The molecule has 2 rings (SSSR count). The molecular weight excluding hydrogens is 303 g/mol. The van der Waals surface area contributed by atoms with Gasteiger partial charge in [0.1, 0.15) is 5.69 Å². The summed E-state index contributed by atoms with van der Waals surface area (Å²) >= 11 is 1.40. The summed E-state index contributed by atoms with van der Waals surface area (Å²) in [6, 6.07) is 2.51. The minimum atomic E-state index is -4.49. The summed E-state index contributed by atoms with van der Waals surface area (Å²) in [7, 11) is 0. The number of carbonyl (C=O) groups is 1. The second-order valence-corrected chi connectivity index (χ2v) is 5.48. The molecule has 0 aliphatic carbocycles. The summed E-state index contributed by atoms with van der Waals surface area (Å²) in [5, 5.41) is 3.48. The monoisotopic (exact) mass is 315 g/mol. The smallest absolute Gasteiger partial charge is 0.293 e. The molecular formula is C13H12F3N3OS. The molecule has 4 nitrogen and oxygen atoms in total. The number of aromatic nitrogens is 3. The van der Waals surface area contributed by atoms with Crippen LogP contribution in [0.25, 0.3) is 5.69 Å². The molecule has 0 saturated carbocycles. The third-order valence-corrected chi connectivity index (χ3v) is 3.53. The number of pyridine rings is 1. The van der Waals surface area contributed by atoms with Gasteiger partial charge in [-0.25, -0.2) is 9.67 Å². The first-order chi connectivity index (χ1) is 9.82. The lowest BCUT2D eigenvalue weighted by molar-refractivity contribution is -0.141. The maximum atomic E-state index is 12.5. The average molecular weight is 315 g/mol. The highest BCUT2D eigenvalue weighted by molar-refractivity contribution is 7.99. The summed E-state index contributed by atoms with van der Waals surface area (Å²) in [6.07, 6.45) is -1.93. The number of carbonyl (C=O) groups excluding carboxylic acids is 1. The fourth-order valence-corrected chi connectivity index (χ4v) is 2.56. The van der Waals surface area contributed by atoms with Crippen LogP contribution in [0.3, 0.4) is 0 Å². The van der Waals surface area contributed by atoms with Crippen LogP contribution in [-0.2, 0) is 6.18 Å². The quantitative estimate of drug-likeness (QED) is 0.639. The fraction of sp³-hybridized carbons (Fsp3) is 0.308. The number of thioether (sulfide) groups is 1. The standard InChI is InChI=1S/C13H12F3N3OS/c1-3-21-10-6-9(7-17-12(10)8(2)20)19-5-4-11(18-19)13(14,15)16/h4-7H,3H2,1-2H3. The Balaban J connectivity index is 2.43. The topological polar surface area (TPSA) is 47.8 Å². The van der Waals surface area contributed by atoms with Gasteiger partial charge in [0.2, 0.25) is 0 Å². The zero-order valence-electron chi connectivity index (χ0n) is 11.3. The fourth-order valence-electron chi connectivity index (χ4n) is 1.71. The molecule has 21 heavy (non-hydrogen) atoms. The highest BCUT2D eigenvalue weighted by Gasteiger charge is 2.33. The van der Waals surface area contributed by atoms with Crippen molar-refractivity contribution in [3.05, 3.63) is 35.9 Å². The first-order valence-corrected chi connectivity index (χ1v) is 7.08. The highest BCUT2D eigenvalue weighted by Crippen LogP contribution is 2.29. The molecule has 0 aliphatic heterocycles. The van der Waals surface area contributed by atoms with Crippen LogP contribution in [0.4, 0.5) is 13.2 Å².